The van der Waals surface area contributed by atoms with E-state index in [-0.39, 0.29) is 54.9 Å². The predicted octanol–water partition coefficient (Wildman–Crippen LogP) is -5.48. The molecule has 0 fully saturated rings. The monoisotopic (exact) mass is 293 g/mol. The van der Waals surface area contributed by atoms with Gasteiger partial charge in [-0.05, 0) is 0 Å². The van der Waals surface area contributed by atoms with Gasteiger partial charge in [-0.25, -0.2) is 0 Å². The molecule has 0 bridgehead atoms. The van der Waals surface area contributed by atoms with E-state index in [1.807, 2.05) is 17.3 Å². The number of hydrogen-bond acceptors (Lipinski definition) is 4. The summed E-state index contributed by atoms with van der Waals surface area (Å²) in [4.78, 5) is 0. The van der Waals surface area contributed by atoms with Gasteiger partial charge in [0.25, 0.3) is 0 Å². The molecule has 0 radical (unpaired) electrons. The van der Waals surface area contributed by atoms with E-state index in [2.05, 4.69) is 9.69 Å². The van der Waals surface area contributed by atoms with Crippen molar-refractivity contribution in [2.45, 2.75) is 0 Å². The number of rotatable bonds is 0. The first-order valence-electron chi connectivity index (χ1n) is 0.134. The number of hydrogen-bond donors (Lipinski definition) is 4. The average Bonchev–Trinajstić information content (AvgIpc) is 1.00. The van der Waals surface area contributed by atoms with Gasteiger partial charge in [-0.3, -0.25) is 0 Å². The normalized spacial score (nSPS) is 0.556. The molecule has 9 heteroatoms. The summed E-state index contributed by atoms with van der Waals surface area (Å²) in [7, 11) is 4.57. The maximum absolute atomic E-state index is 4.57. The summed E-state index contributed by atoms with van der Waals surface area (Å²) in [6.45, 7) is 0. The molecule has 0 aromatic rings. The molecule has 0 atom stereocenters. The minimum absolute atomic E-state index is 0. The molecule has 0 rings (SSSR count). The quantitative estimate of drug-likeness (QED) is 0.326. The van der Waals surface area contributed by atoms with E-state index in [4.69, 9.17) is 0 Å². The van der Waals surface area contributed by atoms with Crippen LogP contribution in [-0.4, -0.2) is 5.48 Å². The SMILES string of the molecule is N.N.N.N.O.[Cl-].[Cl-].[Cl][Ru+2]. The second-order valence-electron chi connectivity index (χ2n) is 0. The molecule has 0 saturated heterocycles. The fourth-order valence-corrected chi connectivity index (χ4v) is 0. The Hall–Kier alpha value is 1.29. The molecule has 14 N–H and O–H groups in total. The molecule has 0 aliphatic carbocycles. The molecule has 0 aromatic carbocycles. The van der Waals surface area contributed by atoms with Crippen LogP contribution in [0.15, 0.2) is 0 Å². The van der Waals surface area contributed by atoms with Crippen molar-refractivity contribution in [1.82, 2.24) is 24.6 Å². The first-order chi connectivity index (χ1) is 1.00. The van der Waals surface area contributed by atoms with Crippen molar-refractivity contribution < 1.29 is 47.6 Å². The van der Waals surface area contributed by atoms with Crippen molar-refractivity contribution in [3.05, 3.63) is 0 Å². The Morgan fingerprint density at radius 3 is 0.667 bits per heavy atom. The Morgan fingerprint density at radius 1 is 0.667 bits per heavy atom. The Bertz CT molecular complexity index is 15.8. The van der Waals surface area contributed by atoms with Crippen molar-refractivity contribution in [2.24, 2.45) is 0 Å². The third kappa shape index (κ3) is 296. The molecule has 9 heavy (non-hydrogen) atoms. The second kappa shape index (κ2) is 382. The van der Waals surface area contributed by atoms with Crippen LogP contribution in [0.2, 0.25) is 0 Å². The Kier molecular flexibility index (Phi) is 7180. The summed E-state index contributed by atoms with van der Waals surface area (Å²) in [5.74, 6) is 0. The predicted molar refractivity (Wildman–Crippen MR) is 29.6 cm³/mol. The molecule has 0 saturated carbocycles. The van der Waals surface area contributed by atoms with Crippen LogP contribution in [-0.2, 0) is 17.3 Å². The maximum atomic E-state index is 4.57. The van der Waals surface area contributed by atoms with Crippen LogP contribution in [0.3, 0.4) is 0 Å². The van der Waals surface area contributed by atoms with E-state index in [0.29, 0.717) is 0 Å². The second-order valence-corrected chi connectivity index (χ2v) is 0. The molecule has 69 valence electrons. The fourth-order valence-electron chi connectivity index (χ4n) is 0. The topological polar surface area (TPSA) is 172 Å². The van der Waals surface area contributed by atoms with E-state index in [1.165, 1.54) is 0 Å². The van der Waals surface area contributed by atoms with Crippen LogP contribution >= 0.6 is 9.69 Å². The van der Waals surface area contributed by atoms with Crippen LogP contribution in [0.4, 0.5) is 0 Å². The molecule has 0 aliphatic heterocycles. The van der Waals surface area contributed by atoms with Gasteiger partial charge in [0, 0.05) is 0 Å². The van der Waals surface area contributed by atoms with Gasteiger partial charge in [-0.1, -0.05) is 0 Å². The van der Waals surface area contributed by atoms with Gasteiger partial charge < -0.3 is 54.9 Å². The molecular formula is H14Cl3N4ORu. The van der Waals surface area contributed by atoms with Gasteiger partial charge in [0.15, 0.2) is 0 Å². The summed E-state index contributed by atoms with van der Waals surface area (Å²) in [6, 6.07) is 0. The Morgan fingerprint density at radius 2 is 0.667 bits per heavy atom. The third-order valence-electron chi connectivity index (χ3n) is 0. The van der Waals surface area contributed by atoms with Crippen LogP contribution in [0, 0.1) is 0 Å². The zero-order chi connectivity index (χ0) is 2.00. The number of halogens is 3. The van der Waals surface area contributed by atoms with Crippen molar-refractivity contribution >= 4 is 9.69 Å². The molecule has 0 amide bonds. The van der Waals surface area contributed by atoms with E-state index in [0.717, 1.165) is 0 Å². The van der Waals surface area contributed by atoms with E-state index >= 15 is 0 Å². The molecular weight excluding hydrogens is 279 g/mol. The molecule has 0 spiro atoms. The van der Waals surface area contributed by atoms with E-state index < -0.39 is 0 Å². The van der Waals surface area contributed by atoms with Gasteiger partial charge in [0.05, 0.1) is 0 Å². The minimum atomic E-state index is 0. The van der Waals surface area contributed by atoms with Gasteiger partial charge >= 0.3 is 27.0 Å². The first kappa shape index (κ1) is 169. The third-order valence-corrected chi connectivity index (χ3v) is 0. The fraction of sp³-hybridized carbons (Fsp3) is 0. The summed E-state index contributed by atoms with van der Waals surface area (Å²) < 4.78 is 0. The van der Waals surface area contributed by atoms with Gasteiger partial charge in [0.2, 0.25) is 0 Å². The molecule has 5 nitrogen and oxygen atoms in total. The van der Waals surface area contributed by atoms with Crippen molar-refractivity contribution in [3.63, 3.8) is 0 Å². The Labute approximate surface area is 81.9 Å². The zero-order valence-electron chi connectivity index (χ0n) is 4.82. The molecule has 0 aliphatic rings. The van der Waals surface area contributed by atoms with Gasteiger partial charge in [-0.2, -0.15) is 0 Å². The standard InChI is InChI=1S/3ClH.4H3N.H2O.Ru/h3*1H;4*1H3;1H2;/q;;;;;;;;+3/p-3. The van der Waals surface area contributed by atoms with Crippen molar-refractivity contribution in [1.29, 1.82) is 0 Å². The molecule has 0 aromatic heterocycles. The summed E-state index contributed by atoms with van der Waals surface area (Å²) in [5.41, 5.74) is 0. The molecule has 0 unspecified atom stereocenters. The molecule has 0 heterocycles. The Balaban J connectivity index is -0.000000000238. The van der Waals surface area contributed by atoms with E-state index in [1.54, 1.807) is 0 Å². The summed E-state index contributed by atoms with van der Waals surface area (Å²) in [6.07, 6.45) is 0. The van der Waals surface area contributed by atoms with Crippen molar-refractivity contribution in [3.8, 4) is 0 Å². The van der Waals surface area contributed by atoms with Gasteiger partial charge in [0.1, 0.15) is 0 Å². The summed E-state index contributed by atoms with van der Waals surface area (Å²) >= 11 is 1.82. The first-order valence-corrected chi connectivity index (χ1v) is 2.37. The van der Waals surface area contributed by atoms with Crippen LogP contribution < -0.4 is 49.4 Å². The van der Waals surface area contributed by atoms with Crippen LogP contribution in [0.5, 0.6) is 0 Å². The van der Waals surface area contributed by atoms with E-state index in [9.17, 15) is 0 Å². The van der Waals surface area contributed by atoms with Crippen LogP contribution in [0.1, 0.15) is 0 Å². The van der Waals surface area contributed by atoms with Crippen molar-refractivity contribution in [2.75, 3.05) is 0 Å². The average molecular weight is 294 g/mol. The summed E-state index contributed by atoms with van der Waals surface area (Å²) in [5, 5.41) is 0. The zero-order valence-corrected chi connectivity index (χ0v) is 8.82. The van der Waals surface area contributed by atoms with Crippen LogP contribution in [0.25, 0.3) is 0 Å². The van der Waals surface area contributed by atoms with Gasteiger partial charge in [-0.15, -0.1) is 0 Å².